The van der Waals surface area contributed by atoms with E-state index in [0.29, 0.717) is 18.7 Å². The molecule has 0 saturated heterocycles. The quantitative estimate of drug-likeness (QED) is 0.659. The van der Waals surface area contributed by atoms with Gasteiger partial charge < -0.3 is 10.1 Å². The van der Waals surface area contributed by atoms with Crippen LogP contribution in [0.15, 0.2) is 59.5 Å². The van der Waals surface area contributed by atoms with Crippen LogP contribution in [0.5, 0.6) is 0 Å². The molecule has 1 atom stereocenters. The summed E-state index contributed by atoms with van der Waals surface area (Å²) in [5.74, 6) is -0.240. The Morgan fingerprint density at radius 1 is 1.08 bits per heavy atom. The van der Waals surface area contributed by atoms with Gasteiger partial charge in [-0.1, -0.05) is 30.3 Å². The molecule has 7 heteroatoms. The maximum absolute atomic E-state index is 12.5. The number of hydrogen-bond acceptors (Lipinski definition) is 4. The van der Waals surface area contributed by atoms with Gasteiger partial charge in [0.1, 0.15) is 0 Å². The smallest absolute Gasteiger partial charge is 0.251 e. The predicted molar refractivity (Wildman–Crippen MR) is 100 cm³/mol. The Labute approximate surface area is 154 Å². The fourth-order valence-corrected chi connectivity index (χ4v) is 3.65. The number of benzene rings is 2. The molecule has 0 aliphatic rings. The van der Waals surface area contributed by atoms with Crippen molar-refractivity contribution >= 4 is 15.9 Å². The molecule has 0 aliphatic heterocycles. The lowest BCUT2D eigenvalue weighted by Crippen LogP contribution is -2.27. The summed E-state index contributed by atoms with van der Waals surface area (Å²) in [6, 6.07) is 14.9. The van der Waals surface area contributed by atoms with Crippen molar-refractivity contribution in [3.63, 3.8) is 0 Å². The normalized spacial score (nSPS) is 12.5. The maximum Gasteiger partial charge on any atom is 0.251 e. The molecule has 1 amide bonds. The van der Waals surface area contributed by atoms with Gasteiger partial charge in [0.25, 0.3) is 5.91 Å². The van der Waals surface area contributed by atoms with Crippen LogP contribution >= 0.6 is 0 Å². The minimum absolute atomic E-state index is 0.121. The molecular formula is C19H24N2O4S. The summed E-state index contributed by atoms with van der Waals surface area (Å²) in [5.41, 5.74) is 1.29. The third-order valence-electron chi connectivity index (χ3n) is 3.87. The number of rotatable bonds is 9. The second kappa shape index (κ2) is 9.47. The molecule has 2 aromatic rings. The van der Waals surface area contributed by atoms with Crippen LogP contribution in [0.3, 0.4) is 0 Å². The van der Waals surface area contributed by atoms with Crippen molar-refractivity contribution in [3.05, 3.63) is 65.7 Å². The topological polar surface area (TPSA) is 84.5 Å². The van der Waals surface area contributed by atoms with Gasteiger partial charge in [0.2, 0.25) is 10.0 Å². The van der Waals surface area contributed by atoms with Gasteiger partial charge in [-0.2, -0.15) is 0 Å². The van der Waals surface area contributed by atoms with Crippen LogP contribution in [-0.2, 0) is 14.8 Å². The first kappa shape index (κ1) is 20.1. The Morgan fingerprint density at radius 3 is 2.35 bits per heavy atom. The number of sulfonamides is 1. The molecule has 140 valence electrons. The Kier molecular flexibility index (Phi) is 7.32. The minimum atomic E-state index is -3.67. The number of carbonyl (C=O) groups excluding carboxylic acids is 1. The molecule has 1 unspecified atom stereocenters. The van der Waals surface area contributed by atoms with E-state index >= 15 is 0 Å². The fraction of sp³-hybridized carbons (Fsp3) is 0.316. The number of hydrogen-bond donors (Lipinski definition) is 2. The highest BCUT2D eigenvalue weighted by molar-refractivity contribution is 7.89. The molecule has 2 N–H and O–H groups in total. The van der Waals surface area contributed by atoms with Crippen molar-refractivity contribution in [1.29, 1.82) is 0 Å². The van der Waals surface area contributed by atoms with Crippen LogP contribution in [0.2, 0.25) is 0 Å². The van der Waals surface area contributed by atoms with Gasteiger partial charge in [0.15, 0.2) is 0 Å². The van der Waals surface area contributed by atoms with E-state index in [1.54, 1.807) is 14.0 Å². The molecule has 0 aromatic heterocycles. The van der Waals surface area contributed by atoms with Gasteiger partial charge in [-0.25, -0.2) is 13.1 Å². The molecule has 2 aromatic carbocycles. The van der Waals surface area contributed by atoms with Gasteiger partial charge >= 0.3 is 0 Å². The van der Waals surface area contributed by atoms with E-state index in [4.69, 9.17) is 4.74 Å². The van der Waals surface area contributed by atoms with Crippen LogP contribution < -0.4 is 10.0 Å². The van der Waals surface area contributed by atoms with E-state index in [2.05, 4.69) is 10.0 Å². The van der Waals surface area contributed by atoms with E-state index in [9.17, 15) is 13.2 Å². The Hall–Kier alpha value is -2.22. The molecule has 26 heavy (non-hydrogen) atoms. The first-order valence-electron chi connectivity index (χ1n) is 8.38. The van der Waals surface area contributed by atoms with E-state index in [1.807, 2.05) is 30.3 Å². The first-order chi connectivity index (χ1) is 12.4. The zero-order valence-corrected chi connectivity index (χ0v) is 15.8. The number of nitrogens with one attached hydrogen (secondary N) is 2. The number of carbonyl (C=O) groups is 1. The van der Waals surface area contributed by atoms with E-state index in [0.717, 1.165) is 12.0 Å². The van der Waals surface area contributed by atoms with Crippen LogP contribution in [0.25, 0.3) is 0 Å². The Bertz CT molecular complexity index is 805. The molecule has 0 spiro atoms. The largest absolute Gasteiger partial charge is 0.385 e. The fourth-order valence-electron chi connectivity index (χ4n) is 2.42. The molecule has 0 radical (unpaired) electrons. The highest BCUT2D eigenvalue weighted by Gasteiger charge is 2.18. The van der Waals surface area contributed by atoms with Crippen molar-refractivity contribution in [2.24, 2.45) is 0 Å². The highest BCUT2D eigenvalue weighted by atomic mass is 32.2. The molecule has 6 nitrogen and oxygen atoms in total. The molecule has 0 fully saturated rings. The summed E-state index contributed by atoms with van der Waals surface area (Å²) >= 11 is 0. The summed E-state index contributed by atoms with van der Waals surface area (Å²) in [6.07, 6.45) is 0.718. The molecular weight excluding hydrogens is 352 g/mol. The highest BCUT2D eigenvalue weighted by Crippen LogP contribution is 2.17. The first-order valence-corrected chi connectivity index (χ1v) is 9.87. The number of ether oxygens (including phenoxy) is 1. The lowest BCUT2D eigenvalue weighted by Gasteiger charge is -2.15. The average Bonchev–Trinajstić information content (AvgIpc) is 2.65. The average molecular weight is 376 g/mol. The van der Waals surface area contributed by atoms with E-state index in [-0.39, 0.29) is 16.8 Å². The Morgan fingerprint density at radius 2 is 1.73 bits per heavy atom. The van der Waals surface area contributed by atoms with Crippen molar-refractivity contribution in [1.82, 2.24) is 10.0 Å². The predicted octanol–water partition coefficient (Wildman–Crippen LogP) is 2.49. The van der Waals surface area contributed by atoms with Crippen molar-refractivity contribution < 1.29 is 17.9 Å². The second-order valence-corrected chi connectivity index (χ2v) is 7.59. The minimum Gasteiger partial charge on any atom is -0.385 e. The zero-order chi connectivity index (χ0) is 19.0. The zero-order valence-electron chi connectivity index (χ0n) is 14.9. The van der Waals surface area contributed by atoms with E-state index in [1.165, 1.54) is 24.3 Å². The summed E-state index contributed by atoms with van der Waals surface area (Å²) < 4.78 is 32.6. The summed E-state index contributed by atoms with van der Waals surface area (Å²) in [7, 11) is -2.07. The molecule has 0 aliphatic carbocycles. The second-order valence-electron chi connectivity index (χ2n) is 5.88. The van der Waals surface area contributed by atoms with Crippen LogP contribution in [0, 0.1) is 0 Å². The van der Waals surface area contributed by atoms with Gasteiger partial charge in [-0.3, -0.25) is 4.79 Å². The van der Waals surface area contributed by atoms with Gasteiger partial charge in [0.05, 0.1) is 4.90 Å². The van der Waals surface area contributed by atoms with E-state index < -0.39 is 10.0 Å². The third-order valence-corrected chi connectivity index (χ3v) is 5.43. The SMILES string of the molecule is COCCCNC(=O)c1ccc(S(=O)(=O)NC(C)c2ccccc2)cc1. The van der Waals surface area contributed by atoms with Gasteiger partial charge in [0, 0.05) is 31.9 Å². The monoisotopic (exact) mass is 376 g/mol. The lowest BCUT2D eigenvalue weighted by atomic mass is 10.1. The van der Waals surface area contributed by atoms with Gasteiger partial charge in [-0.05, 0) is 43.2 Å². The molecule has 0 saturated carbocycles. The third kappa shape index (κ3) is 5.66. The summed E-state index contributed by atoms with van der Waals surface area (Å²) in [4.78, 5) is 12.1. The van der Waals surface area contributed by atoms with Crippen LogP contribution in [0.4, 0.5) is 0 Å². The van der Waals surface area contributed by atoms with Crippen molar-refractivity contribution in [2.45, 2.75) is 24.3 Å². The lowest BCUT2D eigenvalue weighted by molar-refractivity contribution is 0.0948. The Balaban J connectivity index is 2.01. The molecule has 0 bridgehead atoms. The standard InChI is InChI=1S/C19H24N2O4S/c1-15(16-7-4-3-5-8-16)21-26(23,24)18-11-9-17(10-12-18)19(22)20-13-6-14-25-2/h3-5,7-12,15,21H,6,13-14H2,1-2H3,(H,20,22). The van der Waals surface area contributed by atoms with Crippen LogP contribution in [0.1, 0.15) is 35.3 Å². The van der Waals surface area contributed by atoms with Crippen LogP contribution in [-0.4, -0.2) is 34.6 Å². The maximum atomic E-state index is 12.5. The van der Waals surface area contributed by atoms with Crippen molar-refractivity contribution in [3.8, 4) is 0 Å². The number of amides is 1. The van der Waals surface area contributed by atoms with Gasteiger partial charge in [-0.15, -0.1) is 0 Å². The van der Waals surface area contributed by atoms with Crippen molar-refractivity contribution in [2.75, 3.05) is 20.3 Å². The number of methoxy groups -OCH3 is 1. The molecule has 0 heterocycles. The summed E-state index contributed by atoms with van der Waals surface area (Å²) in [5, 5.41) is 2.76. The summed E-state index contributed by atoms with van der Waals surface area (Å²) in [6.45, 7) is 2.86. The molecule has 2 rings (SSSR count).